The summed E-state index contributed by atoms with van der Waals surface area (Å²) in [6.45, 7) is 9.21. The van der Waals surface area contributed by atoms with Crippen molar-refractivity contribution in [1.29, 1.82) is 0 Å². The lowest BCUT2D eigenvalue weighted by atomic mass is 9.84. The Labute approximate surface area is 434 Å². The smallest absolute Gasteiger partial charge is 0.341 e. The minimum atomic E-state index is -2.18. The number of esters is 1. The number of anilines is 2. The molecule has 1 amide bonds. The van der Waals surface area contributed by atoms with Gasteiger partial charge in [0.25, 0.3) is 11.7 Å². The first kappa shape index (κ1) is 54.7. The Balaban J connectivity index is 1.18. The van der Waals surface area contributed by atoms with Gasteiger partial charge in [-0.1, -0.05) is 32.1 Å². The van der Waals surface area contributed by atoms with Crippen molar-refractivity contribution in [1.82, 2.24) is 9.58 Å². The number of ketones is 1. The lowest BCUT2D eigenvalue weighted by molar-refractivity contribution is -0.155. The number of aliphatic hydroxyl groups excluding tert-OH is 2. The van der Waals surface area contributed by atoms with E-state index in [4.69, 9.17) is 30.4 Å². The lowest BCUT2D eigenvalue weighted by Gasteiger charge is -2.37. The monoisotopic (exact) mass is 1060 g/mol. The molecule has 11 N–H and O–H groups in total. The number of phenols is 3. The number of phenolic OH excluding ortho intramolecular Hbond substituents is 3. The zero-order valence-corrected chi connectivity index (χ0v) is 42.8. The standard InChI is InChI=1S/C53H62FN7O15/c1-23-9-8-10-24(2)51(70)58-41-30(21-57-60-16-14-59(15-17-60)34-20-33-29(19-32(34)54)44(65)31(52(71)72)22-61(33)28-11-12-28)45(66)36-37(46(41)67)43(64)26(4)48-38(36)50(69)53(6,76-48)74-18-13-35(73-7)25(3)49(75-27(5)62)40(56)47(68)39(55)42(23)63/h8-10,13,18-23,25,28,35,39-40,42,47,49,63-64,66-68H,11-12,14-17,55-56H2,1-7H3,(H,58,70)(H,71,72)/b9-8+,18-13?,24-10-,57-21+/t23-,25+,35-,39+,40+,42-,47+,49+,53-/m0/s1. The van der Waals surface area contributed by atoms with Gasteiger partial charge in [-0.3, -0.25) is 24.2 Å². The molecule has 2 fully saturated rings. The van der Waals surface area contributed by atoms with Crippen LogP contribution in [0.2, 0.25) is 0 Å². The highest BCUT2D eigenvalue weighted by atomic mass is 19.1. The summed E-state index contributed by atoms with van der Waals surface area (Å²) in [5, 5.41) is 76.5. The number of carboxylic acid groups (broad SMARTS) is 1. The van der Waals surface area contributed by atoms with Crippen LogP contribution >= 0.6 is 0 Å². The SMILES string of the molecule is CO[C@H]1C=CO[C@@]2(C)Oc3c(C)c(O)c4c(O)c(c(/C=N/N5CCN(c6cc7c(cc6F)c(=O)c(C(=O)O)cn7C6CC6)CC5)c(O)c4c3C2=O)NC(=O)/C(C)=C\C=C\[C@H](C)[C@H](O)[C@@H](N)[C@@H](O)[C@@H](N)[C@H](OC(C)=O)[C@@H]1C. The molecule has 0 unspecified atom stereocenters. The Morgan fingerprint density at radius 1 is 0.961 bits per heavy atom. The molecule has 3 aromatic carbocycles. The summed E-state index contributed by atoms with van der Waals surface area (Å²) >= 11 is 0. The van der Waals surface area contributed by atoms with Gasteiger partial charge >= 0.3 is 17.7 Å². The van der Waals surface area contributed by atoms with Gasteiger partial charge in [0.05, 0.1) is 89.4 Å². The number of aromatic hydroxyl groups is 3. The summed E-state index contributed by atoms with van der Waals surface area (Å²) in [5.41, 5.74) is 11.2. The number of methoxy groups -OCH3 is 1. The molecule has 22 nitrogen and oxygen atoms in total. The van der Waals surface area contributed by atoms with Gasteiger partial charge in [-0.05, 0) is 44.9 Å². The first-order valence-electron chi connectivity index (χ1n) is 24.6. The number of nitrogens with two attached hydrogens (primary N) is 2. The molecule has 5 aliphatic rings. The van der Waals surface area contributed by atoms with Crippen LogP contribution in [0, 0.1) is 24.6 Å². The molecule has 0 spiro atoms. The number of benzene rings is 3. The average Bonchev–Trinajstić information content (AvgIpc) is 4.24. The number of carbonyl (C=O) groups excluding carboxylic acids is 3. The molecule has 0 radical (unpaired) electrons. The molecule has 1 aromatic heterocycles. The maximum absolute atomic E-state index is 15.9. The van der Waals surface area contributed by atoms with Crippen molar-refractivity contribution in [2.24, 2.45) is 28.4 Å². The van der Waals surface area contributed by atoms with Crippen molar-refractivity contribution in [3.05, 3.63) is 92.8 Å². The van der Waals surface area contributed by atoms with Crippen LogP contribution in [-0.2, 0) is 23.8 Å². The van der Waals surface area contributed by atoms with Crippen molar-refractivity contribution in [2.45, 2.75) is 103 Å². The summed E-state index contributed by atoms with van der Waals surface area (Å²) in [7, 11) is 1.34. The minimum Gasteiger partial charge on any atom is -0.507 e. The number of allylic oxidation sites excluding steroid dienone is 2. The molecule has 23 heteroatoms. The van der Waals surface area contributed by atoms with Crippen LogP contribution in [0.1, 0.15) is 85.3 Å². The molecule has 4 aliphatic heterocycles. The van der Waals surface area contributed by atoms with E-state index in [1.54, 1.807) is 34.4 Å². The summed E-state index contributed by atoms with van der Waals surface area (Å²) in [4.78, 5) is 67.8. The fourth-order valence-electron chi connectivity index (χ4n) is 9.96. The predicted molar refractivity (Wildman–Crippen MR) is 276 cm³/mol. The van der Waals surface area contributed by atoms with Crippen molar-refractivity contribution >= 4 is 62.9 Å². The van der Waals surface area contributed by atoms with Gasteiger partial charge < -0.3 is 75.8 Å². The molecule has 9 rings (SSSR count). The first-order chi connectivity index (χ1) is 35.9. The number of aromatic carboxylic acids is 1. The zero-order chi connectivity index (χ0) is 55.4. The van der Waals surface area contributed by atoms with Crippen molar-refractivity contribution < 1.29 is 73.2 Å². The van der Waals surface area contributed by atoms with Crippen LogP contribution in [0.3, 0.4) is 0 Å². The number of pyridine rings is 1. The molecule has 5 bridgehead atoms. The van der Waals surface area contributed by atoms with Gasteiger partial charge in [0.2, 0.25) is 5.43 Å². The number of Topliss-reactive ketones (excluding diaryl/α,β-unsaturated/α-hetero) is 1. The van der Waals surface area contributed by atoms with E-state index in [9.17, 15) is 54.6 Å². The Morgan fingerprint density at radius 2 is 1.64 bits per heavy atom. The van der Waals surface area contributed by atoms with Gasteiger partial charge in [-0.15, -0.1) is 0 Å². The summed E-state index contributed by atoms with van der Waals surface area (Å²) in [5.74, 6) is -10.6. The van der Waals surface area contributed by atoms with E-state index in [1.165, 1.54) is 58.4 Å². The van der Waals surface area contributed by atoms with E-state index >= 15 is 4.39 Å². The molecule has 1 aliphatic carbocycles. The van der Waals surface area contributed by atoms with Crippen LogP contribution in [0.4, 0.5) is 15.8 Å². The van der Waals surface area contributed by atoms with Crippen molar-refractivity contribution in [2.75, 3.05) is 43.5 Å². The van der Waals surface area contributed by atoms with Crippen molar-refractivity contribution in [3.8, 4) is 23.0 Å². The van der Waals surface area contributed by atoms with Gasteiger partial charge in [-0.25, -0.2) is 9.18 Å². The number of nitrogens with zero attached hydrogens (tertiary/aromatic N) is 4. The van der Waals surface area contributed by atoms with Crippen LogP contribution in [-0.4, -0.2) is 146 Å². The van der Waals surface area contributed by atoms with Crippen molar-refractivity contribution in [3.63, 3.8) is 0 Å². The Bertz CT molecular complexity index is 3220. The number of hydrogen-bond acceptors (Lipinski definition) is 19. The summed E-state index contributed by atoms with van der Waals surface area (Å²) in [6.07, 6.45) is 5.54. The molecular weight excluding hydrogens is 994 g/mol. The van der Waals surface area contributed by atoms with E-state index in [-0.39, 0.29) is 76.7 Å². The molecule has 76 heavy (non-hydrogen) atoms. The molecule has 9 atom stereocenters. The van der Waals surface area contributed by atoms with E-state index in [0.717, 1.165) is 38.3 Å². The fourth-order valence-corrected chi connectivity index (χ4v) is 9.96. The zero-order valence-electron chi connectivity index (χ0n) is 42.8. The third kappa shape index (κ3) is 10.0. The maximum atomic E-state index is 15.9. The van der Waals surface area contributed by atoms with Crippen LogP contribution in [0.5, 0.6) is 23.0 Å². The van der Waals surface area contributed by atoms with E-state index in [2.05, 4.69) is 10.4 Å². The fraction of sp³-hybridized carbons (Fsp3) is 0.434. The number of hydrazone groups is 1. The van der Waals surface area contributed by atoms with Crippen LogP contribution in [0.15, 0.2) is 64.4 Å². The Hall–Kier alpha value is -7.57. The van der Waals surface area contributed by atoms with Crippen LogP contribution in [0.25, 0.3) is 21.7 Å². The number of fused-ring (bicyclic) bond motifs is 15. The van der Waals surface area contributed by atoms with E-state index in [1.807, 2.05) is 0 Å². The Morgan fingerprint density at radius 3 is 2.28 bits per heavy atom. The molecule has 406 valence electrons. The average molecular weight is 1060 g/mol. The maximum Gasteiger partial charge on any atom is 0.341 e. The number of halogens is 1. The second kappa shape index (κ2) is 21.2. The third-order valence-corrected chi connectivity index (χ3v) is 14.7. The van der Waals surface area contributed by atoms with Gasteiger partial charge in [0, 0.05) is 80.0 Å². The molecule has 4 aromatic rings. The molecule has 5 heterocycles. The van der Waals surface area contributed by atoms with Gasteiger partial charge in [0.1, 0.15) is 34.7 Å². The number of ether oxygens (including phenoxy) is 4. The number of aliphatic hydroxyl groups is 2. The second-order valence-electron chi connectivity index (χ2n) is 19.9. The van der Waals surface area contributed by atoms with Gasteiger partial charge in [0.15, 0.2) is 5.75 Å². The number of piperazine rings is 1. The number of hydrogen-bond donors (Lipinski definition) is 9. The number of aromatic nitrogens is 1. The predicted octanol–water partition coefficient (Wildman–Crippen LogP) is 3.78. The van der Waals surface area contributed by atoms with E-state index in [0.29, 0.717) is 5.52 Å². The highest BCUT2D eigenvalue weighted by molar-refractivity contribution is 6.24. The Kier molecular flexibility index (Phi) is 15.3. The molecular formula is C53H62FN7O15. The number of rotatable bonds is 7. The number of amides is 1. The first-order valence-corrected chi connectivity index (χ1v) is 24.6. The molecule has 1 saturated carbocycles. The summed E-state index contributed by atoms with van der Waals surface area (Å²) in [6, 6.07) is -0.170. The van der Waals surface area contributed by atoms with E-state index < -0.39 is 123 Å². The minimum absolute atomic E-state index is 0.0366. The quantitative estimate of drug-likeness (QED) is 0.0550. The highest BCUT2D eigenvalue weighted by Crippen LogP contribution is 2.55. The second-order valence-corrected chi connectivity index (χ2v) is 19.9. The number of carbonyl (C=O) groups is 4. The topological polar surface area (TPSA) is 331 Å². The summed E-state index contributed by atoms with van der Waals surface area (Å²) < 4.78 is 41.0. The normalized spacial score (nSPS) is 27.9. The van der Waals surface area contributed by atoms with Gasteiger partial charge in [-0.2, -0.15) is 5.10 Å². The number of nitrogens with one attached hydrogen (secondary N) is 1. The van der Waals surface area contributed by atoms with Crippen LogP contribution < -0.4 is 31.8 Å². The lowest BCUT2D eigenvalue weighted by Crippen LogP contribution is -2.60. The third-order valence-electron chi connectivity index (χ3n) is 14.7. The largest absolute Gasteiger partial charge is 0.507 e. The number of carboxylic acids is 1. The highest BCUT2D eigenvalue weighted by Gasteiger charge is 2.50. The molecule has 1 saturated heterocycles.